The third-order valence-corrected chi connectivity index (χ3v) is 4.67. The normalized spacial score (nSPS) is 11.1. The molecule has 0 atom stereocenters. The molecule has 31 heavy (non-hydrogen) atoms. The summed E-state index contributed by atoms with van der Waals surface area (Å²) in [5.74, 6) is 0.993. The fraction of sp³-hybridized carbons (Fsp3) is 0.0870. The van der Waals surface area contributed by atoms with Crippen LogP contribution in [0.1, 0.15) is 17.0 Å². The topological polar surface area (TPSA) is 99.6 Å². The molecule has 0 radical (unpaired) electrons. The number of nitrogens with zero attached hydrogens (tertiary/aromatic N) is 4. The second kappa shape index (κ2) is 8.58. The number of aromatic nitrogens is 2. The van der Waals surface area contributed by atoms with Crippen LogP contribution in [-0.4, -0.2) is 20.8 Å². The Bertz CT molecular complexity index is 1360. The second-order valence-corrected chi connectivity index (χ2v) is 6.81. The van der Waals surface area contributed by atoms with Gasteiger partial charge in [-0.25, -0.2) is 4.98 Å². The fourth-order valence-electron chi connectivity index (χ4n) is 3.09. The van der Waals surface area contributed by atoms with Crippen LogP contribution in [0.4, 0.5) is 5.69 Å². The number of benzene rings is 3. The number of para-hydroxylation sites is 2. The van der Waals surface area contributed by atoms with Crippen LogP contribution in [0.2, 0.25) is 0 Å². The van der Waals surface area contributed by atoms with Gasteiger partial charge >= 0.3 is 0 Å². The highest BCUT2D eigenvalue weighted by molar-refractivity contribution is 5.81. The molecule has 0 aliphatic carbocycles. The average molecular weight is 414 g/mol. The van der Waals surface area contributed by atoms with Gasteiger partial charge in [0.25, 0.3) is 11.2 Å². The summed E-state index contributed by atoms with van der Waals surface area (Å²) in [5.41, 5.74) is 1.57. The SMILES string of the molecule is Cc1ccccc1OCc1nc2ccccc2c(=O)n1N=Cc1cccc([N+](=O)[O-])c1. The maximum atomic E-state index is 13.1. The molecule has 8 heteroatoms. The van der Waals surface area contributed by atoms with Gasteiger partial charge in [-0.2, -0.15) is 9.78 Å². The van der Waals surface area contributed by atoms with Crippen LogP contribution in [-0.2, 0) is 6.61 Å². The van der Waals surface area contributed by atoms with Crippen molar-refractivity contribution < 1.29 is 9.66 Å². The summed E-state index contributed by atoms with van der Waals surface area (Å²) in [6.07, 6.45) is 1.39. The zero-order chi connectivity index (χ0) is 21.8. The van der Waals surface area contributed by atoms with Crippen LogP contribution in [0.3, 0.4) is 0 Å². The van der Waals surface area contributed by atoms with Crippen molar-refractivity contribution >= 4 is 22.8 Å². The molecule has 0 amide bonds. The number of nitro groups is 1. The van der Waals surface area contributed by atoms with E-state index in [1.165, 1.54) is 23.0 Å². The minimum absolute atomic E-state index is 0.0250. The van der Waals surface area contributed by atoms with E-state index in [1.54, 1.807) is 36.4 Å². The molecular formula is C23H18N4O4. The van der Waals surface area contributed by atoms with Crippen molar-refractivity contribution in [2.45, 2.75) is 13.5 Å². The van der Waals surface area contributed by atoms with Gasteiger partial charge < -0.3 is 4.74 Å². The number of hydrogen-bond donors (Lipinski definition) is 0. The first kappa shape index (κ1) is 20.0. The minimum Gasteiger partial charge on any atom is -0.485 e. The summed E-state index contributed by atoms with van der Waals surface area (Å²) in [4.78, 5) is 28.1. The van der Waals surface area contributed by atoms with Crippen LogP contribution in [0.5, 0.6) is 5.75 Å². The lowest BCUT2D eigenvalue weighted by Crippen LogP contribution is -2.23. The summed E-state index contributed by atoms with van der Waals surface area (Å²) in [6, 6.07) is 20.5. The molecule has 0 aliphatic heterocycles. The number of aryl methyl sites for hydroxylation is 1. The van der Waals surface area contributed by atoms with Gasteiger partial charge in [0.1, 0.15) is 12.4 Å². The van der Waals surface area contributed by atoms with E-state index in [0.29, 0.717) is 28.0 Å². The molecule has 0 N–H and O–H groups in total. The Hall–Kier alpha value is -4.33. The van der Waals surface area contributed by atoms with Crippen LogP contribution in [0, 0.1) is 17.0 Å². The largest absolute Gasteiger partial charge is 0.485 e. The lowest BCUT2D eigenvalue weighted by Gasteiger charge is -2.12. The molecule has 0 spiro atoms. The highest BCUT2D eigenvalue weighted by Crippen LogP contribution is 2.18. The molecule has 8 nitrogen and oxygen atoms in total. The van der Waals surface area contributed by atoms with Crippen molar-refractivity contribution in [3.05, 3.63) is 110 Å². The number of ether oxygens (including phenoxy) is 1. The van der Waals surface area contributed by atoms with E-state index in [2.05, 4.69) is 10.1 Å². The summed E-state index contributed by atoms with van der Waals surface area (Å²) >= 11 is 0. The molecule has 3 aromatic carbocycles. The van der Waals surface area contributed by atoms with Gasteiger partial charge in [-0.15, -0.1) is 0 Å². The molecule has 0 bridgehead atoms. The predicted molar refractivity (Wildman–Crippen MR) is 118 cm³/mol. The van der Waals surface area contributed by atoms with Crippen molar-refractivity contribution in [3.8, 4) is 5.75 Å². The van der Waals surface area contributed by atoms with E-state index in [0.717, 1.165) is 5.56 Å². The van der Waals surface area contributed by atoms with Crippen LogP contribution >= 0.6 is 0 Å². The van der Waals surface area contributed by atoms with Crippen molar-refractivity contribution in [2.24, 2.45) is 5.10 Å². The Morgan fingerprint density at radius 1 is 1.10 bits per heavy atom. The van der Waals surface area contributed by atoms with Gasteiger partial charge in [0.05, 0.1) is 22.0 Å². The first-order valence-corrected chi connectivity index (χ1v) is 9.51. The van der Waals surface area contributed by atoms with E-state index in [4.69, 9.17) is 4.74 Å². The number of non-ortho nitro benzene ring substituents is 1. The summed E-state index contributed by atoms with van der Waals surface area (Å²) < 4.78 is 7.05. The Balaban J connectivity index is 1.75. The van der Waals surface area contributed by atoms with Crippen LogP contribution < -0.4 is 10.3 Å². The van der Waals surface area contributed by atoms with Gasteiger partial charge in [0.2, 0.25) is 0 Å². The van der Waals surface area contributed by atoms with E-state index in [1.807, 2.05) is 31.2 Å². The zero-order valence-electron chi connectivity index (χ0n) is 16.6. The first-order valence-electron chi connectivity index (χ1n) is 9.51. The van der Waals surface area contributed by atoms with Crippen molar-refractivity contribution in [2.75, 3.05) is 0 Å². The fourth-order valence-corrected chi connectivity index (χ4v) is 3.09. The molecule has 1 aromatic heterocycles. The molecule has 0 fully saturated rings. The second-order valence-electron chi connectivity index (χ2n) is 6.81. The number of nitro benzene ring substituents is 1. The van der Waals surface area contributed by atoms with E-state index in [-0.39, 0.29) is 17.9 Å². The molecule has 0 aliphatic rings. The average Bonchev–Trinajstić information content (AvgIpc) is 2.78. The van der Waals surface area contributed by atoms with Crippen LogP contribution in [0.25, 0.3) is 10.9 Å². The molecular weight excluding hydrogens is 396 g/mol. The third kappa shape index (κ3) is 4.32. The highest BCUT2D eigenvalue weighted by Gasteiger charge is 2.12. The molecule has 154 valence electrons. The third-order valence-electron chi connectivity index (χ3n) is 4.67. The minimum atomic E-state index is -0.484. The lowest BCUT2D eigenvalue weighted by molar-refractivity contribution is -0.384. The van der Waals surface area contributed by atoms with Gasteiger partial charge in [-0.3, -0.25) is 14.9 Å². The van der Waals surface area contributed by atoms with Gasteiger partial charge in [-0.05, 0) is 30.7 Å². The highest BCUT2D eigenvalue weighted by atomic mass is 16.6. The molecule has 4 aromatic rings. The predicted octanol–water partition coefficient (Wildman–Crippen LogP) is 4.07. The Kier molecular flexibility index (Phi) is 5.53. The monoisotopic (exact) mass is 414 g/mol. The summed E-state index contributed by atoms with van der Waals surface area (Å²) in [6.45, 7) is 1.95. The molecule has 4 rings (SSSR count). The Morgan fingerprint density at radius 2 is 1.87 bits per heavy atom. The smallest absolute Gasteiger partial charge is 0.282 e. The van der Waals surface area contributed by atoms with Gasteiger partial charge in [-0.1, -0.05) is 42.5 Å². The maximum Gasteiger partial charge on any atom is 0.282 e. The van der Waals surface area contributed by atoms with Gasteiger partial charge in [0, 0.05) is 17.7 Å². The van der Waals surface area contributed by atoms with Crippen molar-refractivity contribution in [1.82, 2.24) is 9.66 Å². The lowest BCUT2D eigenvalue weighted by atomic mass is 10.2. The number of hydrogen-bond acceptors (Lipinski definition) is 6. The summed E-state index contributed by atoms with van der Waals surface area (Å²) in [5, 5.41) is 15.7. The molecule has 0 saturated carbocycles. The van der Waals surface area contributed by atoms with Gasteiger partial charge in [0.15, 0.2) is 5.82 Å². The Morgan fingerprint density at radius 3 is 2.68 bits per heavy atom. The first-order chi connectivity index (χ1) is 15.0. The standard InChI is InChI=1S/C23H18N4O4/c1-16-7-2-5-12-21(16)31-15-22-25-20-11-4-3-10-19(20)23(28)26(22)24-14-17-8-6-9-18(13-17)27(29)30/h2-14H,15H2,1H3. The van der Waals surface area contributed by atoms with Crippen LogP contribution in [0.15, 0.2) is 82.7 Å². The van der Waals surface area contributed by atoms with E-state index >= 15 is 0 Å². The molecule has 0 saturated heterocycles. The Labute approximate surface area is 177 Å². The van der Waals surface area contributed by atoms with E-state index in [9.17, 15) is 14.9 Å². The number of rotatable bonds is 6. The van der Waals surface area contributed by atoms with E-state index < -0.39 is 4.92 Å². The quantitative estimate of drug-likeness (QED) is 0.269. The maximum absolute atomic E-state index is 13.1. The molecule has 0 unspecified atom stereocenters. The molecule has 1 heterocycles. The zero-order valence-corrected chi connectivity index (χ0v) is 16.6. The number of fused-ring (bicyclic) bond motifs is 1. The van der Waals surface area contributed by atoms with Crippen molar-refractivity contribution in [1.29, 1.82) is 0 Å². The van der Waals surface area contributed by atoms with Crippen molar-refractivity contribution in [3.63, 3.8) is 0 Å². The summed E-state index contributed by atoms with van der Waals surface area (Å²) in [7, 11) is 0.